The Morgan fingerprint density at radius 2 is 1.31 bits per heavy atom. The lowest BCUT2D eigenvalue weighted by atomic mass is 10.0. The van der Waals surface area contributed by atoms with Crippen molar-refractivity contribution in [1.29, 1.82) is 0 Å². The van der Waals surface area contributed by atoms with Crippen molar-refractivity contribution in [3.63, 3.8) is 0 Å². The quantitative estimate of drug-likeness (QED) is 0.322. The van der Waals surface area contributed by atoms with Gasteiger partial charge in [0.15, 0.2) is 11.5 Å². The summed E-state index contributed by atoms with van der Waals surface area (Å²) in [5, 5.41) is 10.7. The van der Waals surface area contributed by atoms with Crippen LogP contribution in [0.25, 0.3) is 44.8 Å². The average molecular weight is 466 g/mol. The molecule has 0 amide bonds. The van der Waals surface area contributed by atoms with E-state index in [9.17, 15) is 4.79 Å². The second kappa shape index (κ2) is 9.30. The number of benzene rings is 3. The third-order valence-electron chi connectivity index (χ3n) is 5.75. The number of hydrogen-bond acceptors (Lipinski definition) is 7. The minimum atomic E-state index is -0.409. The molecule has 1 heterocycles. The largest absolute Gasteiger partial charge is 0.493 e. The molecular weight excluding hydrogens is 444 g/mol. The summed E-state index contributed by atoms with van der Waals surface area (Å²) < 4.78 is 22.1. The van der Waals surface area contributed by atoms with E-state index >= 15 is 0 Å². The summed E-state index contributed by atoms with van der Waals surface area (Å²) in [6.45, 7) is 0. The Bertz CT molecular complexity index is 1590. The summed E-state index contributed by atoms with van der Waals surface area (Å²) in [7, 11) is 4.35. The predicted molar refractivity (Wildman–Crippen MR) is 134 cm³/mol. The maximum atomic E-state index is 13.0. The number of rotatable bonds is 6. The highest BCUT2D eigenvalue weighted by Crippen LogP contribution is 2.34. The lowest BCUT2D eigenvalue weighted by molar-refractivity contribution is 0.349. The van der Waals surface area contributed by atoms with Crippen molar-refractivity contribution in [3.8, 4) is 51.3 Å². The van der Waals surface area contributed by atoms with E-state index < -0.39 is 5.43 Å². The minimum absolute atomic E-state index is 0.0729. The highest BCUT2D eigenvalue weighted by Gasteiger charge is 2.18. The van der Waals surface area contributed by atoms with Crippen molar-refractivity contribution >= 4 is 10.8 Å². The first-order valence-corrected chi connectivity index (χ1v) is 10.9. The first-order chi connectivity index (χ1) is 17.1. The maximum absolute atomic E-state index is 13.0. The zero-order chi connectivity index (χ0) is 24.4. The molecular formula is C28H22N2O5. The topological polar surface area (TPSA) is 83.7 Å². The minimum Gasteiger partial charge on any atom is -0.493 e. The Labute approximate surface area is 201 Å². The van der Waals surface area contributed by atoms with Gasteiger partial charge in [-0.3, -0.25) is 4.79 Å². The summed E-state index contributed by atoms with van der Waals surface area (Å²) in [5.41, 5.74) is 2.46. The monoisotopic (exact) mass is 466 g/mol. The maximum Gasteiger partial charge on any atom is 0.266 e. The molecule has 174 valence electrons. The second-order valence-electron chi connectivity index (χ2n) is 7.77. The zero-order valence-corrected chi connectivity index (χ0v) is 19.4. The molecule has 0 saturated heterocycles. The molecule has 0 radical (unpaired) electrons. The van der Waals surface area contributed by atoms with Crippen LogP contribution in [0.15, 0.2) is 88.1 Å². The summed E-state index contributed by atoms with van der Waals surface area (Å²) in [6, 6.07) is 25.0. The molecule has 7 nitrogen and oxygen atoms in total. The van der Waals surface area contributed by atoms with Gasteiger partial charge in [0.2, 0.25) is 17.5 Å². The van der Waals surface area contributed by atoms with Crippen molar-refractivity contribution < 1.29 is 18.6 Å². The first kappa shape index (κ1) is 22.2. The summed E-state index contributed by atoms with van der Waals surface area (Å²) in [6.07, 6.45) is 0. The van der Waals surface area contributed by atoms with E-state index in [4.69, 9.17) is 18.6 Å². The standard InChI is InChI=1S/C28H22N2O5/c1-32-23-14-13-22(25(33-2)24(31)26(23)34-3)19-9-6-10-20(16-19)27-29-30-28(35-27)21-12-11-17-7-4-5-8-18(17)15-21/h4-16H,1-3H3. The fourth-order valence-electron chi connectivity index (χ4n) is 4.03. The highest BCUT2D eigenvalue weighted by molar-refractivity contribution is 5.86. The normalized spacial score (nSPS) is 10.8. The van der Waals surface area contributed by atoms with Crippen LogP contribution in [-0.2, 0) is 0 Å². The van der Waals surface area contributed by atoms with E-state index in [2.05, 4.69) is 16.3 Å². The van der Waals surface area contributed by atoms with Crippen LogP contribution in [0.1, 0.15) is 0 Å². The van der Waals surface area contributed by atoms with Gasteiger partial charge in [0.1, 0.15) is 0 Å². The van der Waals surface area contributed by atoms with Crippen LogP contribution in [0, 0.1) is 0 Å². The molecule has 0 aliphatic rings. The van der Waals surface area contributed by atoms with E-state index in [0.29, 0.717) is 28.7 Å². The molecule has 5 rings (SSSR count). The van der Waals surface area contributed by atoms with E-state index in [1.54, 1.807) is 12.1 Å². The fourth-order valence-corrected chi connectivity index (χ4v) is 4.03. The van der Waals surface area contributed by atoms with Crippen LogP contribution >= 0.6 is 0 Å². The van der Waals surface area contributed by atoms with Crippen LogP contribution in [0.5, 0.6) is 17.2 Å². The van der Waals surface area contributed by atoms with Crippen LogP contribution in [-0.4, -0.2) is 31.5 Å². The molecule has 5 aromatic rings. The van der Waals surface area contributed by atoms with Crippen molar-refractivity contribution in [2.75, 3.05) is 21.3 Å². The van der Waals surface area contributed by atoms with Gasteiger partial charge >= 0.3 is 0 Å². The third-order valence-corrected chi connectivity index (χ3v) is 5.75. The van der Waals surface area contributed by atoms with Crippen LogP contribution in [0.3, 0.4) is 0 Å². The summed E-state index contributed by atoms with van der Waals surface area (Å²) >= 11 is 0. The molecule has 0 spiro atoms. The molecule has 0 saturated carbocycles. The lowest BCUT2D eigenvalue weighted by Crippen LogP contribution is -2.08. The molecule has 0 atom stereocenters. The van der Waals surface area contributed by atoms with E-state index in [1.165, 1.54) is 21.3 Å². The Balaban J connectivity index is 1.56. The van der Waals surface area contributed by atoms with Crippen molar-refractivity contribution in [2.24, 2.45) is 0 Å². The van der Waals surface area contributed by atoms with Gasteiger partial charge in [-0.2, -0.15) is 0 Å². The van der Waals surface area contributed by atoms with Gasteiger partial charge in [0.25, 0.3) is 5.43 Å². The fraction of sp³-hybridized carbons (Fsp3) is 0.107. The van der Waals surface area contributed by atoms with Gasteiger partial charge in [0, 0.05) is 16.7 Å². The van der Waals surface area contributed by atoms with Crippen LogP contribution < -0.4 is 19.6 Å². The Hall–Kier alpha value is -4.65. The molecule has 0 N–H and O–H groups in total. The highest BCUT2D eigenvalue weighted by atomic mass is 16.5. The number of aromatic nitrogens is 2. The average Bonchev–Trinajstić information content (AvgIpc) is 3.35. The molecule has 7 heteroatoms. The first-order valence-electron chi connectivity index (χ1n) is 10.9. The molecule has 4 aromatic carbocycles. The van der Waals surface area contributed by atoms with E-state index in [1.807, 2.05) is 60.7 Å². The summed E-state index contributed by atoms with van der Waals surface area (Å²) in [5.74, 6) is 1.33. The summed E-state index contributed by atoms with van der Waals surface area (Å²) in [4.78, 5) is 13.0. The zero-order valence-electron chi connectivity index (χ0n) is 19.4. The smallest absolute Gasteiger partial charge is 0.266 e. The van der Waals surface area contributed by atoms with Gasteiger partial charge in [-0.05, 0) is 52.7 Å². The van der Waals surface area contributed by atoms with Gasteiger partial charge in [-0.15, -0.1) is 10.2 Å². The molecule has 0 bridgehead atoms. The van der Waals surface area contributed by atoms with Crippen LogP contribution in [0.2, 0.25) is 0 Å². The Morgan fingerprint density at radius 3 is 2.03 bits per heavy atom. The number of nitrogens with zero attached hydrogens (tertiary/aromatic N) is 2. The molecule has 35 heavy (non-hydrogen) atoms. The Kier molecular flexibility index (Phi) is 5.89. The van der Waals surface area contributed by atoms with Crippen molar-refractivity contribution in [3.05, 3.63) is 89.1 Å². The third kappa shape index (κ3) is 4.08. The van der Waals surface area contributed by atoms with Crippen molar-refractivity contribution in [2.45, 2.75) is 0 Å². The Morgan fingerprint density at radius 1 is 0.629 bits per heavy atom. The van der Waals surface area contributed by atoms with E-state index in [-0.39, 0.29) is 11.5 Å². The van der Waals surface area contributed by atoms with Gasteiger partial charge in [0.05, 0.1) is 21.3 Å². The molecule has 0 aliphatic heterocycles. The predicted octanol–water partition coefficient (Wildman–Crippen LogP) is 5.61. The number of methoxy groups -OCH3 is 3. The second-order valence-corrected chi connectivity index (χ2v) is 7.77. The molecule has 0 fully saturated rings. The van der Waals surface area contributed by atoms with Crippen LogP contribution in [0.4, 0.5) is 0 Å². The molecule has 0 aliphatic carbocycles. The van der Waals surface area contributed by atoms with E-state index in [0.717, 1.165) is 21.9 Å². The lowest BCUT2D eigenvalue weighted by Gasteiger charge is -2.06. The number of fused-ring (bicyclic) bond motifs is 1. The van der Waals surface area contributed by atoms with Gasteiger partial charge in [-0.25, -0.2) is 0 Å². The molecule has 0 unspecified atom stereocenters. The van der Waals surface area contributed by atoms with Gasteiger partial charge in [-0.1, -0.05) is 42.5 Å². The number of ether oxygens (including phenoxy) is 3. The SMILES string of the molecule is COc1ccc(-c2cccc(-c3nnc(-c4ccc5ccccc5c4)o3)c2)c(OC)c(=O)c1OC. The van der Waals surface area contributed by atoms with Crippen molar-refractivity contribution in [1.82, 2.24) is 10.2 Å². The van der Waals surface area contributed by atoms with Gasteiger partial charge < -0.3 is 18.6 Å². The number of hydrogen-bond donors (Lipinski definition) is 0. The molecule has 1 aromatic heterocycles.